The van der Waals surface area contributed by atoms with Crippen LogP contribution in [0.1, 0.15) is 10.5 Å². The van der Waals surface area contributed by atoms with Gasteiger partial charge in [0.2, 0.25) is 5.91 Å². The van der Waals surface area contributed by atoms with Crippen molar-refractivity contribution in [3.63, 3.8) is 0 Å². The Bertz CT molecular complexity index is 504. The zero-order valence-electron chi connectivity index (χ0n) is 9.76. The smallest absolute Gasteiger partial charge is 0.288 e. The zero-order valence-corrected chi connectivity index (χ0v) is 12.2. The van der Waals surface area contributed by atoms with E-state index in [1.165, 1.54) is 6.20 Å². The highest BCUT2D eigenvalue weighted by Gasteiger charge is 2.29. The lowest BCUT2D eigenvalue weighted by Gasteiger charge is -2.12. The number of thioether (sulfide) groups is 1. The quantitative estimate of drug-likeness (QED) is 0.890. The molecule has 0 radical (unpaired) electrons. The molecular weight excluding hydrogens is 334 g/mol. The number of carbonyl (C=O) groups is 3. The molecule has 1 saturated heterocycles. The molecule has 19 heavy (non-hydrogen) atoms. The average molecular weight is 344 g/mol. The van der Waals surface area contributed by atoms with Crippen LogP contribution in [0, 0.1) is 0 Å². The molecule has 3 amide bonds. The largest absolute Gasteiger partial charge is 0.349 e. The van der Waals surface area contributed by atoms with Gasteiger partial charge in [-0.05, 0) is 28.1 Å². The van der Waals surface area contributed by atoms with Crippen LogP contribution in [0.25, 0.3) is 0 Å². The van der Waals surface area contributed by atoms with Crippen LogP contribution in [0.3, 0.4) is 0 Å². The summed E-state index contributed by atoms with van der Waals surface area (Å²) < 4.78 is 0.786. The Labute approximate surface area is 122 Å². The van der Waals surface area contributed by atoms with Crippen LogP contribution in [-0.4, -0.2) is 45.8 Å². The van der Waals surface area contributed by atoms with Crippen LogP contribution >= 0.6 is 27.7 Å². The van der Waals surface area contributed by atoms with Gasteiger partial charge in [-0.2, -0.15) is 0 Å². The van der Waals surface area contributed by atoms with E-state index in [0.717, 1.165) is 21.1 Å². The van der Waals surface area contributed by atoms with E-state index in [2.05, 4.69) is 26.2 Å². The van der Waals surface area contributed by atoms with Crippen molar-refractivity contribution >= 4 is 44.7 Å². The molecule has 0 bridgehead atoms. The lowest BCUT2D eigenvalue weighted by atomic mass is 10.3. The van der Waals surface area contributed by atoms with Gasteiger partial charge in [-0.15, -0.1) is 0 Å². The van der Waals surface area contributed by atoms with Gasteiger partial charge < -0.3 is 5.32 Å². The first-order valence-electron chi connectivity index (χ1n) is 5.45. The summed E-state index contributed by atoms with van der Waals surface area (Å²) in [6, 6.07) is 3.30. The van der Waals surface area contributed by atoms with Crippen LogP contribution in [-0.2, 0) is 4.79 Å². The molecule has 1 aromatic rings. The van der Waals surface area contributed by atoms with Crippen LogP contribution < -0.4 is 5.32 Å². The lowest BCUT2D eigenvalue weighted by Crippen LogP contribution is -2.37. The third-order valence-corrected chi connectivity index (χ3v) is 3.75. The molecule has 0 aliphatic carbocycles. The number of hydrogen-bond acceptors (Lipinski definition) is 5. The second kappa shape index (κ2) is 6.16. The molecular formula is C11H10BrN3O3S. The van der Waals surface area contributed by atoms with Crippen molar-refractivity contribution in [2.45, 2.75) is 0 Å². The highest BCUT2D eigenvalue weighted by molar-refractivity contribution is 9.10. The van der Waals surface area contributed by atoms with Crippen LogP contribution in [0.15, 0.2) is 22.8 Å². The summed E-state index contributed by atoms with van der Waals surface area (Å²) in [7, 11) is 0. The number of rotatable bonds is 4. The number of imide groups is 1. The van der Waals surface area contributed by atoms with Gasteiger partial charge in [0.25, 0.3) is 11.1 Å². The first-order valence-corrected chi connectivity index (χ1v) is 7.22. The van der Waals surface area contributed by atoms with E-state index in [1.54, 1.807) is 12.1 Å². The molecule has 100 valence electrons. The monoisotopic (exact) mass is 343 g/mol. The lowest BCUT2D eigenvalue weighted by molar-refractivity contribution is -0.124. The summed E-state index contributed by atoms with van der Waals surface area (Å²) in [5, 5.41) is 2.35. The van der Waals surface area contributed by atoms with Gasteiger partial charge in [-0.1, -0.05) is 11.8 Å². The molecule has 0 spiro atoms. The van der Waals surface area contributed by atoms with E-state index in [4.69, 9.17) is 0 Å². The van der Waals surface area contributed by atoms with E-state index in [1.807, 2.05) is 0 Å². The van der Waals surface area contributed by atoms with Crippen LogP contribution in [0.2, 0.25) is 0 Å². The predicted molar refractivity (Wildman–Crippen MR) is 73.8 cm³/mol. The number of hydrogen-bond donors (Lipinski definition) is 1. The number of pyridine rings is 1. The number of halogens is 1. The summed E-state index contributed by atoms with van der Waals surface area (Å²) in [5.41, 5.74) is 0.289. The minimum absolute atomic E-state index is 0.182. The van der Waals surface area contributed by atoms with Gasteiger partial charge in [0.15, 0.2) is 0 Å². The fourth-order valence-corrected chi connectivity index (χ4v) is 2.47. The minimum atomic E-state index is -0.334. The molecule has 1 aliphatic rings. The summed E-state index contributed by atoms with van der Waals surface area (Å²) in [4.78, 5) is 39.4. The minimum Gasteiger partial charge on any atom is -0.349 e. The van der Waals surface area contributed by atoms with Crippen molar-refractivity contribution < 1.29 is 14.4 Å². The summed E-state index contributed by atoms with van der Waals surface area (Å²) in [5.74, 6) is -0.369. The molecule has 0 unspecified atom stereocenters. The molecule has 1 aliphatic heterocycles. The zero-order chi connectivity index (χ0) is 13.8. The number of aromatic nitrogens is 1. The number of nitrogens with one attached hydrogen (secondary N) is 1. The Balaban J connectivity index is 1.82. The summed E-state index contributed by atoms with van der Waals surface area (Å²) >= 11 is 4.20. The first-order chi connectivity index (χ1) is 9.08. The highest BCUT2D eigenvalue weighted by atomic mass is 79.9. The number of amides is 3. The summed E-state index contributed by atoms with van der Waals surface area (Å²) in [6.45, 7) is 0.404. The van der Waals surface area contributed by atoms with Crippen LogP contribution in [0.5, 0.6) is 0 Å². The molecule has 6 nitrogen and oxygen atoms in total. The van der Waals surface area contributed by atoms with Crippen molar-refractivity contribution in [2.75, 3.05) is 18.8 Å². The van der Waals surface area contributed by atoms with E-state index in [9.17, 15) is 14.4 Å². The Hall–Kier alpha value is -1.41. The van der Waals surface area contributed by atoms with Gasteiger partial charge in [-0.25, -0.2) is 4.98 Å². The van der Waals surface area contributed by atoms with Gasteiger partial charge in [0.05, 0.1) is 5.75 Å². The first kappa shape index (κ1) is 14.0. The standard InChI is InChI=1S/C11H10BrN3O3S/c12-7-1-2-8(14-5-7)10(17)13-3-4-15-9(16)6-19-11(15)18/h1-2,5H,3-4,6H2,(H,13,17). The molecule has 0 saturated carbocycles. The van der Waals surface area contributed by atoms with Gasteiger partial charge in [0.1, 0.15) is 5.69 Å². The number of carbonyl (C=O) groups excluding carboxylic acids is 3. The topological polar surface area (TPSA) is 79.4 Å². The SMILES string of the molecule is O=C(NCCN1C(=O)CSC1=O)c1ccc(Br)cn1. The molecule has 1 N–H and O–H groups in total. The Morgan fingerprint density at radius 2 is 2.26 bits per heavy atom. The summed E-state index contributed by atoms with van der Waals surface area (Å²) in [6.07, 6.45) is 1.53. The van der Waals surface area contributed by atoms with E-state index >= 15 is 0 Å². The Morgan fingerprint density at radius 1 is 1.47 bits per heavy atom. The van der Waals surface area contributed by atoms with Gasteiger partial charge in [-0.3, -0.25) is 19.3 Å². The van der Waals surface area contributed by atoms with Gasteiger partial charge in [0, 0.05) is 23.8 Å². The van der Waals surface area contributed by atoms with Crippen molar-refractivity contribution in [1.29, 1.82) is 0 Å². The van der Waals surface area contributed by atoms with Crippen molar-refractivity contribution in [3.8, 4) is 0 Å². The van der Waals surface area contributed by atoms with Gasteiger partial charge >= 0.3 is 0 Å². The van der Waals surface area contributed by atoms with Crippen molar-refractivity contribution in [3.05, 3.63) is 28.5 Å². The fourth-order valence-electron chi connectivity index (χ4n) is 1.48. The maximum atomic E-state index is 11.7. The third kappa shape index (κ3) is 3.54. The molecule has 0 atom stereocenters. The Kier molecular flexibility index (Phi) is 4.54. The molecule has 1 fully saturated rings. The van der Waals surface area contributed by atoms with E-state index < -0.39 is 0 Å². The van der Waals surface area contributed by atoms with E-state index in [-0.39, 0.29) is 41.6 Å². The molecule has 8 heteroatoms. The molecule has 0 aromatic carbocycles. The van der Waals surface area contributed by atoms with E-state index in [0.29, 0.717) is 0 Å². The predicted octanol–water partition coefficient (Wildman–Crippen LogP) is 1.27. The molecule has 1 aromatic heterocycles. The highest BCUT2D eigenvalue weighted by Crippen LogP contribution is 2.17. The third-order valence-electron chi connectivity index (χ3n) is 2.42. The Morgan fingerprint density at radius 3 is 2.84 bits per heavy atom. The maximum absolute atomic E-state index is 11.7. The number of nitrogens with zero attached hydrogens (tertiary/aromatic N) is 2. The van der Waals surface area contributed by atoms with Crippen LogP contribution in [0.4, 0.5) is 4.79 Å². The second-order valence-corrected chi connectivity index (χ2v) is 5.56. The molecule has 2 heterocycles. The fraction of sp³-hybridized carbons (Fsp3) is 0.273. The van der Waals surface area contributed by atoms with Crippen molar-refractivity contribution in [1.82, 2.24) is 15.2 Å². The molecule has 2 rings (SSSR count). The average Bonchev–Trinajstić information content (AvgIpc) is 2.71. The second-order valence-electron chi connectivity index (χ2n) is 3.72. The van der Waals surface area contributed by atoms with Crippen molar-refractivity contribution in [2.24, 2.45) is 0 Å². The normalized spacial score (nSPS) is 14.9. The maximum Gasteiger partial charge on any atom is 0.288 e.